The van der Waals surface area contributed by atoms with Crippen molar-refractivity contribution in [2.75, 3.05) is 0 Å². The first kappa shape index (κ1) is 11.1. The van der Waals surface area contributed by atoms with Crippen LogP contribution in [0.25, 0.3) is 10.6 Å². The average molecular weight is 233 g/mol. The van der Waals surface area contributed by atoms with Gasteiger partial charge in [0.1, 0.15) is 10.8 Å². The van der Waals surface area contributed by atoms with Crippen LogP contribution in [0.3, 0.4) is 0 Å². The summed E-state index contributed by atoms with van der Waals surface area (Å²) in [5.74, 6) is 0.288. The minimum absolute atomic E-state index is 0.146. The Kier molecular flexibility index (Phi) is 2.72. The molecular formula is C13H15NOS. The van der Waals surface area contributed by atoms with Gasteiger partial charge < -0.3 is 5.11 Å². The van der Waals surface area contributed by atoms with E-state index in [1.807, 2.05) is 18.3 Å². The molecule has 0 unspecified atom stereocenters. The smallest absolute Gasteiger partial charge is 0.123 e. The number of nitrogens with zero attached hydrogens (tertiary/aromatic N) is 1. The van der Waals surface area contributed by atoms with E-state index in [9.17, 15) is 5.11 Å². The first-order chi connectivity index (χ1) is 7.47. The predicted molar refractivity (Wildman–Crippen MR) is 67.9 cm³/mol. The van der Waals surface area contributed by atoms with Crippen molar-refractivity contribution in [3.8, 4) is 16.3 Å². The molecule has 0 bridgehead atoms. The third-order valence-corrected chi connectivity index (χ3v) is 3.83. The summed E-state index contributed by atoms with van der Waals surface area (Å²) >= 11 is 1.71. The standard InChI is InChI=1S/C13H15NOS/c1-13(2,3)11-8-14-12(16-11)9-4-6-10(15)7-5-9/h4-8,15H,1-3H3. The minimum atomic E-state index is 0.146. The molecule has 2 nitrogen and oxygen atoms in total. The highest BCUT2D eigenvalue weighted by Crippen LogP contribution is 2.33. The fourth-order valence-corrected chi connectivity index (χ4v) is 2.34. The summed E-state index contributed by atoms with van der Waals surface area (Å²) in [6, 6.07) is 7.15. The Morgan fingerprint density at radius 1 is 1.12 bits per heavy atom. The Balaban J connectivity index is 2.35. The van der Waals surface area contributed by atoms with Crippen molar-refractivity contribution in [2.45, 2.75) is 26.2 Å². The molecule has 0 atom stereocenters. The zero-order chi connectivity index (χ0) is 11.8. The van der Waals surface area contributed by atoms with Crippen molar-refractivity contribution in [3.63, 3.8) is 0 Å². The minimum Gasteiger partial charge on any atom is -0.508 e. The first-order valence-corrected chi connectivity index (χ1v) is 6.04. The number of aromatic nitrogens is 1. The number of thiazole rings is 1. The van der Waals surface area contributed by atoms with Gasteiger partial charge in [0.15, 0.2) is 0 Å². The van der Waals surface area contributed by atoms with Gasteiger partial charge in [-0.3, -0.25) is 0 Å². The molecular weight excluding hydrogens is 218 g/mol. The van der Waals surface area contributed by atoms with Gasteiger partial charge >= 0.3 is 0 Å². The van der Waals surface area contributed by atoms with Gasteiger partial charge in [0.2, 0.25) is 0 Å². The Bertz CT molecular complexity index is 479. The van der Waals surface area contributed by atoms with Crippen molar-refractivity contribution in [1.82, 2.24) is 4.98 Å². The lowest BCUT2D eigenvalue weighted by Crippen LogP contribution is -2.07. The number of phenolic OH excluding ortho intramolecular Hbond substituents is 1. The molecule has 0 aliphatic rings. The molecule has 1 N–H and O–H groups in total. The molecule has 0 radical (unpaired) electrons. The molecule has 1 aromatic carbocycles. The maximum atomic E-state index is 9.22. The van der Waals surface area contributed by atoms with Crippen molar-refractivity contribution in [2.24, 2.45) is 0 Å². The van der Waals surface area contributed by atoms with Crippen molar-refractivity contribution in [1.29, 1.82) is 0 Å². The lowest BCUT2D eigenvalue weighted by atomic mass is 9.96. The van der Waals surface area contributed by atoms with Gasteiger partial charge in [-0.05, 0) is 29.7 Å². The second kappa shape index (κ2) is 3.91. The Morgan fingerprint density at radius 3 is 2.25 bits per heavy atom. The highest BCUT2D eigenvalue weighted by Gasteiger charge is 2.17. The van der Waals surface area contributed by atoms with Crippen LogP contribution in [0.15, 0.2) is 30.5 Å². The third-order valence-electron chi connectivity index (χ3n) is 2.36. The summed E-state index contributed by atoms with van der Waals surface area (Å²) in [4.78, 5) is 5.69. The molecule has 1 heterocycles. The van der Waals surface area contributed by atoms with Crippen LogP contribution in [-0.4, -0.2) is 10.1 Å². The molecule has 2 rings (SSSR count). The molecule has 1 aromatic heterocycles. The normalized spacial score (nSPS) is 11.7. The Morgan fingerprint density at radius 2 is 1.75 bits per heavy atom. The van der Waals surface area contributed by atoms with E-state index >= 15 is 0 Å². The first-order valence-electron chi connectivity index (χ1n) is 5.22. The van der Waals surface area contributed by atoms with E-state index < -0.39 is 0 Å². The SMILES string of the molecule is CC(C)(C)c1cnc(-c2ccc(O)cc2)s1. The van der Waals surface area contributed by atoms with E-state index in [4.69, 9.17) is 0 Å². The molecule has 84 valence electrons. The van der Waals surface area contributed by atoms with E-state index in [-0.39, 0.29) is 11.2 Å². The fourth-order valence-electron chi connectivity index (χ4n) is 1.36. The van der Waals surface area contributed by atoms with Crippen LogP contribution in [-0.2, 0) is 5.41 Å². The molecule has 16 heavy (non-hydrogen) atoms. The molecule has 2 aromatic rings. The van der Waals surface area contributed by atoms with Gasteiger partial charge in [0.05, 0.1) is 0 Å². The highest BCUT2D eigenvalue weighted by molar-refractivity contribution is 7.15. The molecule has 0 fully saturated rings. The number of phenols is 1. The quantitative estimate of drug-likeness (QED) is 0.812. The highest BCUT2D eigenvalue weighted by atomic mass is 32.1. The van der Waals surface area contributed by atoms with Gasteiger partial charge in [-0.1, -0.05) is 20.8 Å². The van der Waals surface area contributed by atoms with Crippen LogP contribution >= 0.6 is 11.3 Å². The molecule has 0 aliphatic heterocycles. The van der Waals surface area contributed by atoms with Crippen LogP contribution in [0.1, 0.15) is 25.6 Å². The second-order valence-corrected chi connectivity index (χ2v) is 5.86. The van der Waals surface area contributed by atoms with E-state index in [0.29, 0.717) is 0 Å². The third kappa shape index (κ3) is 2.25. The van der Waals surface area contributed by atoms with Crippen LogP contribution in [0, 0.1) is 0 Å². The second-order valence-electron chi connectivity index (χ2n) is 4.83. The summed E-state index contributed by atoms with van der Waals surface area (Å²) in [7, 11) is 0. The molecule has 0 spiro atoms. The number of aromatic hydroxyl groups is 1. The van der Waals surface area contributed by atoms with E-state index in [2.05, 4.69) is 25.8 Å². The van der Waals surface area contributed by atoms with Crippen molar-refractivity contribution >= 4 is 11.3 Å². The maximum Gasteiger partial charge on any atom is 0.123 e. The average Bonchev–Trinajstić information content (AvgIpc) is 2.67. The molecule has 0 aliphatic carbocycles. The zero-order valence-corrected chi connectivity index (χ0v) is 10.5. The summed E-state index contributed by atoms with van der Waals surface area (Å²) in [6.07, 6.45) is 1.94. The van der Waals surface area contributed by atoms with Crippen LogP contribution < -0.4 is 0 Å². The lowest BCUT2D eigenvalue weighted by molar-refractivity contribution is 0.475. The molecule has 0 saturated carbocycles. The summed E-state index contributed by atoms with van der Waals surface area (Å²) in [5, 5.41) is 10.2. The lowest BCUT2D eigenvalue weighted by Gasteiger charge is -2.14. The topological polar surface area (TPSA) is 33.1 Å². The van der Waals surface area contributed by atoms with Crippen LogP contribution in [0.5, 0.6) is 5.75 Å². The molecule has 0 amide bonds. The maximum absolute atomic E-state index is 9.22. The monoisotopic (exact) mass is 233 g/mol. The van der Waals surface area contributed by atoms with E-state index in [0.717, 1.165) is 10.6 Å². The largest absolute Gasteiger partial charge is 0.508 e. The van der Waals surface area contributed by atoms with Crippen molar-refractivity contribution in [3.05, 3.63) is 35.3 Å². The molecule has 0 saturated heterocycles. The van der Waals surface area contributed by atoms with E-state index in [1.165, 1.54) is 4.88 Å². The van der Waals surface area contributed by atoms with Crippen LogP contribution in [0.4, 0.5) is 0 Å². The number of hydrogen-bond donors (Lipinski definition) is 1. The number of benzene rings is 1. The summed E-state index contributed by atoms with van der Waals surface area (Å²) in [6.45, 7) is 6.54. The summed E-state index contributed by atoms with van der Waals surface area (Å²) in [5.41, 5.74) is 1.20. The summed E-state index contributed by atoms with van der Waals surface area (Å²) < 4.78 is 0. The zero-order valence-electron chi connectivity index (χ0n) is 9.69. The van der Waals surface area contributed by atoms with Gasteiger partial charge in [-0.2, -0.15) is 0 Å². The van der Waals surface area contributed by atoms with E-state index in [1.54, 1.807) is 23.5 Å². The van der Waals surface area contributed by atoms with Gasteiger partial charge in [0, 0.05) is 16.6 Å². The van der Waals surface area contributed by atoms with Crippen molar-refractivity contribution < 1.29 is 5.11 Å². The predicted octanol–water partition coefficient (Wildman–Crippen LogP) is 3.81. The number of hydrogen-bond acceptors (Lipinski definition) is 3. The van der Waals surface area contributed by atoms with Gasteiger partial charge in [-0.25, -0.2) is 4.98 Å². The Labute approximate surface area is 99.6 Å². The number of rotatable bonds is 1. The van der Waals surface area contributed by atoms with Gasteiger partial charge in [0.25, 0.3) is 0 Å². The fraction of sp³-hybridized carbons (Fsp3) is 0.308. The molecule has 3 heteroatoms. The van der Waals surface area contributed by atoms with Crippen LogP contribution in [0.2, 0.25) is 0 Å². The van der Waals surface area contributed by atoms with Gasteiger partial charge in [-0.15, -0.1) is 11.3 Å². The Hall–Kier alpha value is -1.35.